The van der Waals surface area contributed by atoms with Gasteiger partial charge in [-0.15, -0.1) is 0 Å². The normalized spacial score (nSPS) is 19.7. The van der Waals surface area contributed by atoms with Gasteiger partial charge in [0.25, 0.3) is 0 Å². The van der Waals surface area contributed by atoms with Crippen molar-refractivity contribution in [1.82, 2.24) is 13.9 Å². The van der Waals surface area contributed by atoms with E-state index in [1.54, 1.807) is 49.4 Å². The van der Waals surface area contributed by atoms with Crippen molar-refractivity contribution in [3.63, 3.8) is 0 Å². The number of carbonyl (C=O) groups excluding carboxylic acids is 1. The lowest BCUT2D eigenvalue weighted by molar-refractivity contribution is -0.126. The predicted octanol–water partition coefficient (Wildman–Crippen LogP) is 2.13. The number of aryl methyl sites for hydroxylation is 1. The molecule has 2 saturated heterocycles. The maximum absolute atomic E-state index is 13.3. The fourth-order valence-electron chi connectivity index (χ4n) is 4.67. The van der Waals surface area contributed by atoms with Gasteiger partial charge in [0, 0.05) is 32.7 Å². The van der Waals surface area contributed by atoms with Crippen LogP contribution in [-0.4, -0.2) is 77.4 Å². The van der Waals surface area contributed by atoms with Crippen LogP contribution in [0, 0.1) is 12.8 Å². The summed E-state index contributed by atoms with van der Waals surface area (Å²) in [4.78, 5) is 13.3. The number of ether oxygens (including phenoxy) is 2. The van der Waals surface area contributed by atoms with Crippen LogP contribution in [0.3, 0.4) is 0 Å². The molecule has 2 aromatic carbocycles. The summed E-state index contributed by atoms with van der Waals surface area (Å²) in [7, 11) is -7.33. The SMILES string of the molecule is CCOc1ccc(S(=O)(=O)N2CCC[C@H](C(=O)NCc3ccc(S(=O)(=O)N4CCOCC4)cc3)C2)cc1C. The Bertz CT molecular complexity index is 1340. The van der Waals surface area contributed by atoms with Crippen LogP contribution >= 0.6 is 0 Å². The van der Waals surface area contributed by atoms with E-state index >= 15 is 0 Å². The molecule has 38 heavy (non-hydrogen) atoms. The average Bonchev–Trinajstić information content (AvgIpc) is 2.93. The van der Waals surface area contributed by atoms with Gasteiger partial charge in [-0.1, -0.05) is 12.1 Å². The van der Waals surface area contributed by atoms with Gasteiger partial charge in [-0.2, -0.15) is 8.61 Å². The second-order valence-electron chi connectivity index (χ2n) is 9.44. The highest BCUT2D eigenvalue weighted by molar-refractivity contribution is 7.89. The summed E-state index contributed by atoms with van der Waals surface area (Å²) in [5, 5.41) is 2.88. The second-order valence-corrected chi connectivity index (χ2v) is 13.3. The maximum Gasteiger partial charge on any atom is 0.243 e. The smallest absolute Gasteiger partial charge is 0.243 e. The van der Waals surface area contributed by atoms with Crippen LogP contribution in [0.15, 0.2) is 52.3 Å². The molecule has 1 amide bonds. The van der Waals surface area contributed by atoms with E-state index in [2.05, 4.69) is 5.32 Å². The van der Waals surface area contributed by atoms with Gasteiger partial charge in [0.1, 0.15) is 5.75 Å². The Morgan fingerprint density at radius 2 is 1.63 bits per heavy atom. The fourth-order valence-corrected chi connectivity index (χ4v) is 7.69. The molecular formula is C26H35N3O7S2. The van der Waals surface area contributed by atoms with Gasteiger partial charge >= 0.3 is 0 Å². The van der Waals surface area contributed by atoms with Gasteiger partial charge in [-0.05, 0) is 68.1 Å². The minimum absolute atomic E-state index is 0.108. The van der Waals surface area contributed by atoms with E-state index in [0.29, 0.717) is 58.0 Å². The number of morpholine rings is 1. The Labute approximate surface area is 225 Å². The van der Waals surface area contributed by atoms with Crippen molar-refractivity contribution in [2.45, 2.75) is 43.0 Å². The van der Waals surface area contributed by atoms with Crippen LogP contribution in [0.25, 0.3) is 0 Å². The van der Waals surface area contributed by atoms with Gasteiger partial charge in [-0.3, -0.25) is 4.79 Å². The molecule has 0 aromatic heterocycles. The molecule has 0 unspecified atom stereocenters. The Morgan fingerprint density at radius 3 is 2.29 bits per heavy atom. The molecule has 4 rings (SSSR count). The van der Waals surface area contributed by atoms with Gasteiger partial charge in [0.05, 0.1) is 35.5 Å². The highest BCUT2D eigenvalue weighted by atomic mass is 32.2. The second kappa shape index (κ2) is 12.1. The number of carbonyl (C=O) groups is 1. The lowest BCUT2D eigenvalue weighted by atomic mass is 9.99. The van der Waals surface area contributed by atoms with Crippen molar-refractivity contribution in [2.24, 2.45) is 5.92 Å². The lowest BCUT2D eigenvalue weighted by Gasteiger charge is -2.31. The molecule has 2 aliphatic heterocycles. The topological polar surface area (TPSA) is 122 Å². The first kappa shape index (κ1) is 28.5. The summed E-state index contributed by atoms with van der Waals surface area (Å²) in [6.07, 6.45) is 1.18. The summed E-state index contributed by atoms with van der Waals surface area (Å²) in [5.41, 5.74) is 1.49. The standard InChI is InChI=1S/C26H35N3O7S2/c1-3-36-25-11-10-24(17-20(25)2)38(33,34)29-12-4-5-22(19-29)26(30)27-18-21-6-8-23(9-7-21)37(31,32)28-13-15-35-16-14-28/h6-11,17,22H,3-5,12-16,18-19H2,1-2H3,(H,27,30)/t22-/m0/s1. The highest BCUT2D eigenvalue weighted by Crippen LogP contribution is 2.27. The van der Waals surface area contributed by atoms with E-state index in [4.69, 9.17) is 9.47 Å². The number of hydrogen-bond donors (Lipinski definition) is 1. The largest absolute Gasteiger partial charge is 0.494 e. The van der Waals surface area contributed by atoms with Gasteiger partial charge in [-0.25, -0.2) is 16.8 Å². The number of hydrogen-bond acceptors (Lipinski definition) is 7. The lowest BCUT2D eigenvalue weighted by Crippen LogP contribution is -2.45. The molecule has 2 heterocycles. The molecule has 12 heteroatoms. The quantitative estimate of drug-likeness (QED) is 0.494. The molecule has 10 nitrogen and oxygen atoms in total. The fraction of sp³-hybridized carbons (Fsp3) is 0.500. The first-order chi connectivity index (χ1) is 18.1. The number of nitrogens with one attached hydrogen (secondary N) is 1. The number of amides is 1. The van der Waals surface area contributed by atoms with Crippen molar-refractivity contribution in [2.75, 3.05) is 46.0 Å². The van der Waals surface area contributed by atoms with E-state index in [1.165, 1.54) is 8.61 Å². The molecule has 1 atom stereocenters. The van der Waals surface area contributed by atoms with Crippen molar-refractivity contribution < 1.29 is 31.1 Å². The first-order valence-electron chi connectivity index (χ1n) is 12.8. The monoisotopic (exact) mass is 565 g/mol. The third kappa shape index (κ3) is 6.37. The van der Waals surface area contributed by atoms with Crippen LogP contribution in [-0.2, 0) is 36.1 Å². The van der Waals surface area contributed by atoms with E-state index in [1.807, 2.05) is 6.92 Å². The Balaban J connectivity index is 1.35. The van der Waals surface area contributed by atoms with Crippen molar-refractivity contribution >= 4 is 26.0 Å². The Hall–Kier alpha value is -2.51. The molecular weight excluding hydrogens is 530 g/mol. The van der Waals surface area contributed by atoms with E-state index in [-0.39, 0.29) is 28.8 Å². The predicted molar refractivity (Wildman–Crippen MR) is 142 cm³/mol. The van der Waals surface area contributed by atoms with Crippen LogP contribution in [0.4, 0.5) is 0 Å². The number of benzene rings is 2. The van der Waals surface area contributed by atoms with Crippen LogP contribution in [0.2, 0.25) is 0 Å². The van der Waals surface area contributed by atoms with E-state index < -0.39 is 26.0 Å². The van der Waals surface area contributed by atoms with Crippen LogP contribution in [0.1, 0.15) is 30.9 Å². The summed E-state index contributed by atoms with van der Waals surface area (Å²) >= 11 is 0. The summed E-state index contributed by atoms with van der Waals surface area (Å²) < 4.78 is 65.7. The van der Waals surface area contributed by atoms with Gasteiger partial charge in [0.15, 0.2) is 0 Å². The van der Waals surface area contributed by atoms with Crippen molar-refractivity contribution in [1.29, 1.82) is 0 Å². The average molecular weight is 566 g/mol. The highest BCUT2D eigenvalue weighted by Gasteiger charge is 2.33. The molecule has 0 spiro atoms. The minimum Gasteiger partial charge on any atom is -0.494 e. The summed E-state index contributed by atoms with van der Waals surface area (Å²) in [5.74, 6) is -0.0462. The molecule has 2 aromatic rings. The third-order valence-corrected chi connectivity index (χ3v) is 10.6. The molecule has 1 N–H and O–H groups in total. The number of piperidine rings is 1. The Kier molecular flexibility index (Phi) is 9.09. The summed E-state index contributed by atoms with van der Waals surface area (Å²) in [6.45, 7) is 6.27. The maximum atomic E-state index is 13.3. The van der Waals surface area contributed by atoms with Crippen LogP contribution in [0.5, 0.6) is 5.75 Å². The first-order valence-corrected chi connectivity index (χ1v) is 15.7. The number of sulfonamides is 2. The molecule has 2 aliphatic rings. The minimum atomic E-state index is -3.75. The summed E-state index contributed by atoms with van der Waals surface area (Å²) in [6, 6.07) is 11.3. The zero-order chi connectivity index (χ0) is 27.3. The zero-order valence-electron chi connectivity index (χ0n) is 21.8. The van der Waals surface area contributed by atoms with Crippen molar-refractivity contribution in [3.8, 4) is 5.75 Å². The van der Waals surface area contributed by atoms with Gasteiger partial charge in [0.2, 0.25) is 26.0 Å². The van der Waals surface area contributed by atoms with E-state index in [9.17, 15) is 21.6 Å². The molecule has 208 valence electrons. The molecule has 2 fully saturated rings. The number of rotatable bonds is 9. The molecule has 0 aliphatic carbocycles. The van der Waals surface area contributed by atoms with Crippen molar-refractivity contribution in [3.05, 3.63) is 53.6 Å². The molecule has 0 radical (unpaired) electrons. The zero-order valence-corrected chi connectivity index (χ0v) is 23.4. The Morgan fingerprint density at radius 1 is 0.974 bits per heavy atom. The molecule has 0 bridgehead atoms. The van der Waals surface area contributed by atoms with Gasteiger partial charge < -0.3 is 14.8 Å². The molecule has 0 saturated carbocycles. The van der Waals surface area contributed by atoms with E-state index in [0.717, 1.165) is 11.1 Å². The third-order valence-electron chi connectivity index (χ3n) is 6.84. The number of nitrogens with zero attached hydrogens (tertiary/aromatic N) is 2. The van der Waals surface area contributed by atoms with Crippen LogP contribution < -0.4 is 10.1 Å².